The highest BCUT2D eigenvalue weighted by Gasteiger charge is 2.66. The topological polar surface area (TPSA) is 0 Å². The van der Waals surface area contributed by atoms with Crippen molar-refractivity contribution in [1.29, 1.82) is 0 Å². The van der Waals surface area contributed by atoms with E-state index in [2.05, 4.69) is 104 Å². The average molecular weight is 519 g/mol. The molecule has 0 aromatic rings. The summed E-state index contributed by atoms with van der Waals surface area (Å²) >= 11 is 0. The van der Waals surface area contributed by atoms with Crippen molar-refractivity contribution in [2.45, 2.75) is 174 Å². The largest absolute Gasteiger partial charge is 0.0651 e. The molecular formula is C37H74. The van der Waals surface area contributed by atoms with Gasteiger partial charge >= 0.3 is 0 Å². The van der Waals surface area contributed by atoms with E-state index in [0.29, 0.717) is 21.7 Å². The zero-order chi connectivity index (χ0) is 28.8. The second-order valence-corrected chi connectivity index (χ2v) is 16.3. The van der Waals surface area contributed by atoms with E-state index in [1.54, 1.807) is 0 Å². The fourth-order valence-corrected chi connectivity index (χ4v) is 9.88. The lowest BCUT2D eigenvalue weighted by Gasteiger charge is -2.52. The molecule has 0 nitrogen and oxygen atoms in total. The summed E-state index contributed by atoms with van der Waals surface area (Å²) in [4.78, 5) is 0. The van der Waals surface area contributed by atoms with Crippen LogP contribution in [0.25, 0.3) is 0 Å². The van der Waals surface area contributed by atoms with Gasteiger partial charge in [-0.25, -0.2) is 0 Å². The second kappa shape index (κ2) is 14.1. The standard InChI is InChI=1S/C37H74/c1-16-28(8)35(13,14)37(24-29(37)9)30(10)34(11,12)26-36(15,23-27(6)7)25-33(32(19-4)20-5)22-21-31(17-2)18-3/h27-33H,16-26H2,1-15H3. The first kappa shape index (κ1) is 35.0. The Morgan fingerprint density at radius 3 is 1.59 bits per heavy atom. The van der Waals surface area contributed by atoms with Gasteiger partial charge in [-0.3, -0.25) is 0 Å². The van der Waals surface area contributed by atoms with Crippen LogP contribution < -0.4 is 0 Å². The van der Waals surface area contributed by atoms with Crippen LogP contribution in [0.5, 0.6) is 0 Å². The van der Waals surface area contributed by atoms with Crippen LogP contribution in [0.15, 0.2) is 0 Å². The molecule has 0 spiro atoms. The monoisotopic (exact) mass is 519 g/mol. The first-order valence-electron chi connectivity index (χ1n) is 17.0. The zero-order valence-corrected chi connectivity index (χ0v) is 28.8. The lowest BCUT2D eigenvalue weighted by atomic mass is 9.53. The number of hydrogen-bond donors (Lipinski definition) is 0. The Morgan fingerprint density at radius 2 is 1.22 bits per heavy atom. The summed E-state index contributed by atoms with van der Waals surface area (Å²) in [6, 6.07) is 0. The molecule has 1 aliphatic carbocycles. The maximum absolute atomic E-state index is 2.71. The fraction of sp³-hybridized carbons (Fsp3) is 1.00. The molecule has 0 radical (unpaired) electrons. The van der Waals surface area contributed by atoms with Crippen molar-refractivity contribution in [1.82, 2.24) is 0 Å². The Labute approximate surface area is 237 Å². The van der Waals surface area contributed by atoms with E-state index in [-0.39, 0.29) is 0 Å². The van der Waals surface area contributed by atoms with Gasteiger partial charge in [0.15, 0.2) is 0 Å². The molecule has 0 aliphatic heterocycles. The predicted molar refractivity (Wildman–Crippen MR) is 170 cm³/mol. The van der Waals surface area contributed by atoms with Crippen LogP contribution in [0, 0.1) is 63.1 Å². The van der Waals surface area contributed by atoms with Gasteiger partial charge < -0.3 is 0 Å². The minimum atomic E-state index is 0.354. The molecule has 0 aromatic carbocycles. The van der Waals surface area contributed by atoms with E-state index < -0.39 is 0 Å². The SMILES string of the molecule is CCC(CC)CCC(CC(C)(CC(C)C)CC(C)(C)C(C)C1(C(C)(C)C(C)CC)CC1C)C(CC)CC. The summed E-state index contributed by atoms with van der Waals surface area (Å²) in [5.74, 6) is 5.85. The van der Waals surface area contributed by atoms with Crippen LogP contribution in [0.3, 0.4) is 0 Å². The van der Waals surface area contributed by atoms with E-state index >= 15 is 0 Å². The van der Waals surface area contributed by atoms with E-state index in [9.17, 15) is 0 Å². The highest BCUT2D eigenvalue weighted by Crippen LogP contribution is 2.73. The molecule has 6 atom stereocenters. The zero-order valence-electron chi connectivity index (χ0n) is 28.8. The van der Waals surface area contributed by atoms with Gasteiger partial charge in [-0.2, -0.15) is 0 Å². The second-order valence-electron chi connectivity index (χ2n) is 16.3. The van der Waals surface area contributed by atoms with Gasteiger partial charge in [0.2, 0.25) is 0 Å². The molecule has 1 rings (SSSR count). The van der Waals surface area contributed by atoms with Crippen molar-refractivity contribution < 1.29 is 0 Å². The smallest absolute Gasteiger partial charge is 0.0184 e. The molecule has 222 valence electrons. The van der Waals surface area contributed by atoms with Gasteiger partial charge in [0, 0.05) is 0 Å². The van der Waals surface area contributed by atoms with Crippen LogP contribution in [-0.2, 0) is 0 Å². The lowest BCUT2D eigenvalue weighted by Crippen LogP contribution is -2.45. The first-order valence-corrected chi connectivity index (χ1v) is 17.0. The quantitative estimate of drug-likeness (QED) is 0.159. The third-order valence-corrected chi connectivity index (χ3v) is 12.7. The molecule has 6 unspecified atom stereocenters. The summed E-state index contributed by atoms with van der Waals surface area (Å²) in [5.41, 5.74) is 1.68. The van der Waals surface area contributed by atoms with Crippen LogP contribution >= 0.6 is 0 Å². The van der Waals surface area contributed by atoms with Crippen molar-refractivity contribution in [3.8, 4) is 0 Å². The van der Waals surface area contributed by atoms with Crippen LogP contribution in [-0.4, -0.2) is 0 Å². The van der Waals surface area contributed by atoms with Gasteiger partial charge in [0.1, 0.15) is 0 Å². The molecule has 1 saturated carbocycles. The lowest BCUT2D eigenvalue weighted by molar-refractivity contribution is -0.0330. The molecular weight excluding hydrogens is 444 g/mol. The summed E-state index contributed by atoms with van der Waals surface area (Å²) in [6.07, 6.45) is 15.2. The third-order valence-electron chi connectivity index (χ3n) is 12.7. The fourth-order valence-electron chi connectivity index (χ4n) is 9.88. The summed E-state index contributed by atoms with van der Waals surface area (Å²) in [6.45, 7) is 38.1. The Morgan fingerprint density at radius 1 is 0.703 bits per heavy atom. The first-order chi connectivity index (χ1) is 17.0. The van der Waals surface area contributed by atoms with Gasteiger partial charge in [-0.15, -0.1) is 0 Å². The van der Waals surface area contributed by atoms with Crippen molar-refractivity contribution in [2.75, 3.05) is 0 Å². The third kappa shape index (κ3) is 8.26. The van der Waals surface area contributed by atoms with Crippen molar-refractivity contribution in [2.24, 2.45) is 63.1 Å². The maximum Gasteiger partial charge on any atom is -0.0184 e. The van der Waals surface area contributed by atoms with Gasteiger partial charge in [0.05, 0.1) is 0 Å². The molecule has 0 amide bonds. The molecule has 0 saturated heterocycles. The highest BCUT2D eigenvalue weighted by atomic mass is 14.7. The Bertz CT molecular complexity index is 632. The molecule has 1 fully saturated rings. The average Bonchev–Trinajstić information content (AvgIpc) is 3.50. The molecule has 0 heterocycles. The molecule has 1 aliphatic rings. The van der Waals surface area contributed by atoms with Gasteiger partial charge in [-0.1, -0.05) is 142 Å². The van der Waals surface area contributed by atoms with Crippen molar-refractivity contribution in [3.05, 3.63) is 0 Å². The molecule has 0 N–H and O–H groups in total. The Hall–Kier alpha value is 0. The number of rotatable bonds is 19. The summed E-state index contributed by atoms with van der Waals surface area (Å²) in [7, 11) is 0. The van der Waals surface area contributed by atoms with E-state index in [4.69, 9.17) is 0 Å². The van der Waals surface area contributed by atoms with Gasteiger partial charge in [-0.05, 0) is 95.2 Å². The normalized spacial score (nSPS) is 25.0. The van der Waals surface area contributed by atoms with Crippen LogP contribution in [0.4, 0.5) is 0 Å². The minimum absolute atomic E-state index is 0.354. The predicted octanol–water partition coefficient (Wildman–Crippen LogP) is 12.8. The van der Waals surface area contributed by atoms with E-state index in [0.717, 1.165) is 41.4 Å². The Balaban J connectivity index is 3.30. The molecule has 0 aromatic heterocycles. The minimum Gasteiger partial charge on any atom is -0.0651 e. The summed E-state index contributed by atoms with van der Waals surface area (Å²) < 4.78 is 0. The van der Waals surface area contributed by atoms with Crippen molar-refractivity contribution in [3.63, 3.8) is 0 Å². The summed E-state index contributed by atoms with van der Waals surface area (Å²) in [5, 5.41) is 0. The molecule has 0 heteroatoms. The van der Waals surface area contributed by atoms with E-state index in [1.807, 2.05) is 0 Å². The number of hydrogen-bond acceptors (Lipinski definition) is 0. The maximum atomic E-state index is 2.71. The highest BCUT2D eigenvalue weighted by molar-refractivity contribution is 5.14. The van der Waals surface area contributed by atoms with Crippen LogP contribution in [0.2, 0.25) is 0 Å². The van der Waals surface area contributed by atoms with Crippen molar-refractivity contribution >= 4 is 0 Å². The Kier molecular flexibility index (Phi) is 13.3. The molecule has 0 bridgehead atoms. The van der Waals surface area contributed by atoms with Crippen LogP contribution in [0.1, 0.15) is 174 Å². The van der Waals surface area contributed by atoms with Gasteiger partial charge in [0.25, 0.3) is 0 Å². The van der Waals surface area contributed by atoms with E-state index in [1.165, 1.54) is 70.6 Å². The molecule has 37 heavy (non-hydrogen) atoms.